The molecule has 0 radical (unpaired) electrons. The molecule has 2 heterocycles. The van der Waals surface area contributed by atoms with Gasteiger partial charge in [0.05, 0.1) is 24.3 Å². The Morgan fingerprint density at radius 2 is 1.74 bits per heavy atom. The van der Waals surface area contributed by atoms with Crippen molar-refractivity contribution < 1.29 is 27.2 Å². The molecular weight excluding hydrogens is 525 g/mol. The van der Waals surface area contributed by atoms with Crippen LogP contribution >= 0.6 is 0 Å². The van der Waals surface area contributed by atoms with Crippen LogP contribution in [-0.4, -0.2) is 85.9 Å². The van der Waals surface area contributed by atoms with Gasteiger partial charge in [-0.15, -0.1) is 0 Å². The lowest BCUT2D eigenvalue weighted by molar-refractivity contribution is -0.141. The molecule has 0 unspecified atom stereocenters. The van der Waals surface area contributed by atoms with E-state index in [-0.39, 0.29) is 42.5 Å². The fraction of sp³-hybridized carbons (Fsp3) is 0.667. The molecule has 10 nitrogen and oxygen atoms in total. The number of nitrogens with zero attached hydrogens (tertiary/aromatic N) is 2. The summed E-state index contributed by atoms with van der Waals surface area (Å²) < 4.78 is 39.9. The van der Waals surface area contributed by atoms with E-state index in [0.29, 0.717) is 18.5 Å². The molecule has 3 amide bonds. The maximum atomic E-state index is 14.1. The molecule has 0 spiro atoms. The van der Waals surface area contributed by atoms with Crippen molar-refractivity contribution in [1.82, 2.24) is 25.2 Å². The smallest absolute Gasteiger partial charge is 0.245 e. The van der Waals surface area contributed by atoms with Crippen LogP contribution in [0.2, 0.25) is 0 Å². The molecule has 1 aromatic carbocycles. The minimum absolute atomic E-state index is 0.0172. The predicted molar refractivity (Wildman–Crippen MR) is 144 cm³/mol. The summed E-state index contributed by atoms with van der Waals surface area (Å²) in [4.78, 5) is 42.0. The topological polar surface area (TPSA) is 128 Å². The van der Waals surface area contributed by atoms with Gasteiger partial charge >= 0.3 is 0 Å². The lowest BCUT2D eigenvalue weighted by atomic mass is 9.83. The van der Waals surface area contributed by atoms with Crippen molar-refractivity contribution in [2.75, 3.05) is 26.4 Å². The van der Waals surface area contributed by atoms with Crippen molar-refractivity contribution in [2.24, 2.45) is 11.8 Å². The van der Waals surface area contributed by atoms with E-state index in [9.17, 15) is 27.2 Å². The highest BCUT2D eigenvalue weighted by Gasteiger charge is 2.56. The number of halogens is 1. The molecule has 0 bridgehead atoms. The molecular formula is C27H40FN5O5S. The molecule has 3 N–H and O–H groups in total. The number of amides is 3. The van der Waals surface area contributed by atoms with Gasteiger partial charge in [0.2, 0.25) is 27.7 Å². The Balaban J connectivity index is 1.58. The average molecular weight is 566 g/mol. The van der Waals surface area contributed by atoms with Gasteiger partial charge in [0, 0.05) is 25.7 Å². The number of hydrogen-bond acceptors (Lipinski definition) is 6. The summed E-state index contributed by atoms with van der Waals surface area (Å²) in [5.41, 5.74) is 0.706. The number of sulfonamides is 1. The Hall–Kier alpha value is -2.57. The van der Waals surface area contributed by atoms with Gasteiger partial charge in [0.15, 0.2) is 0 Å². The number of benzene rings is 1. The predicted octanol–water partition coefficient (Wildman–Crippen LogP) is 0.976. The van der Waals surface area contributed by atoms with E-state index in [0.717, 1.165) is 38.4 Å². The van der Waals surface area contributed by atoms with Crippen LogP contribution in [0.15, 0.2) is 24.3 Å². The van der Waals surface area contributed by atoms with Gasteiger partial charge in [0.25, 0.3) is 0 Å². The number of likely N-dealkylation sites (tertiary alicyclic amines) is 1. The van der Waals surface area contributed by atoms with Gasteiger partial charge in [-0.25, -0.2) is 12.8 Å². The first-order valence-electron chi connectivity index (χ1n) is 13.8. The largest absolute Gasteiger partial charge is 0.352 e. The number of hydrogen-bond donors (Lipinski definition) is 3. The Labute approximate surface area is 230 Å². The van der Waals surface area contributed by atoms with Crippen molar-refractivity contribution >= 4 is 27.7 Å². The van der Waals surface area contributed by atoms with Crippen LogP contribution in [0, 0.1) is 17.7 Å². The fourth-order valence-electron chi connectivity index (χ4n) is 6.27. The molecule has 216 valence electrons. The molecule has 3 fully saturated rings. The number of carbonyl (C=O) groups is 3. The maximum absolute atomic E-state index is 14.1. The van der Waals surface area contributed by atoms with Crippen LogP contribution in [0.25, 0.3) is 0 Å². The first-order valence-corrected chi connectivity index (χ1v) is 15.6. The van der Waals surface area contributed by atoms with E-state index < -0.39 is 40.1 Å². The van der Waals surface area contributed by atoms with E-state index in [1.54, 1.807) is 31.0 Å². The lowest BCUT2D eigenvalue weighted by Crippen LogP contribution is -2.58. The number of carbonyl (C=O) groups excluding carboxylic acids is 3. The minimum Gasteiger partial charge on any atom is -0.352 e. The summed E-state index contributed by atoms with van der Waals surface area (Å²) in [5.74, 6) is -2.04. The Bertz CT molecular complexity index is 1160. The average Bonchev–Trinajstić information content (AvgIpc) is 3.51. The van der Waals surface area contributed by atoms with E-state index in [1.807, 2.05) is 0 Å². The summed E-state index contributed by atoms with van der Waals surface area (Å²) >= 11 is 0. The van der Waals surface area contributed by atoms with Crippen LogP contribution < -0.4 is 16.0 Å². The molecule has 4 rings (SSSR count). The SMILES string of the molecule is CN[C@H](C)C(=O)N[C@H](C(=O)N1CC[C@@H]2[C@H]1[C@@H](C(=O)NCc1ccc(F)cc1)CN2S(C)(=O)=O)C1CCCCC1. The number of likely N-dealkylation sites (N-methyl/N-ethyl adjacent to an activating group) is 1. The molecule has 1 aliphatic carbocycles. The first kappa shape index (κ1) is 29.4. The fourth-order valence-corrected chi connectivity index (χ4v) is 7.42. The van der Waals surface area contributed by atoms with E-state index in [4.69, 9.17) is 0 Å². The molecule has 39 heavy (non-hydrogen) atoms. The van der Waals surface area contributed by atoms with Gasteiger partial charge in [-0.2, -0.15) is 4.31 Å². The Morgan fingerprint density at radius 3 is 2.36 bits per heavy atom. The third-order valence-electron chi connectivity index (χ3n) is 8.52. The van der Waals surface area contributed by atoms with Gasteiger partial charge in [-0.3, -0.25) is 14.4 Å². The molecule has 1 aromatic rings. The van der Waals surface area contributed by atoms with Crippen molar-refractivity contribution in [3.8, 4) is 0 Å². The zero-order chi connectivity index (χ0) is 28.3. The third-order valence-corrected chi connectivity index (χ3v) is 9.79. The standard InChI is InChI=1S/C27H40FN5O5S/c1-17(29-2)25(34)31-23(19-7-5-4-6-8-19)27(36)32-14-13-22-24(32)21(16-33(22)39(3,37)38)26(35)30-15-18-9-11-20(28)12-10-18/h9-12,17,19,21-24,29H,4-8,13-16H2,1-3H3,(H,30,35)(H,31,34)/t17-,21+,22-,23+,24-/m1/s1. The normalized spacial score (nSPS) is 25.6. The minimum atomic E-state index is -3.62. The molecule has 12 heteroatoms. The van der Waals surface area contributed by atoms with Crippen LogP contribution in [0.4, 0.5) is 4.39 Å². The number of rotatable bonds is 9. The maximum Gasteiger partial charge on any atom is 0.245 e. The van der Waals surface area contributed by atoms with Crippen LogP contribution in [-0.2, 0) is 31.0 Å². The van der Waals surface area contributed by atoms with Gasteiger partial charge < -0.3 is 20.9 Å². The monoisotopic (exact) mass is 565 g/mol. The zero-order valence-corrected chi connectivity index (χ0v) is 23.7. The number of fused-ring (bicyclic) bond motifs is 1. The van der Waals surface area contributed by atoms with Crippen molar-refractivity contribution in [3.63, 3.8) is 0 Å². The zero-order valence-electron chi connectivity index (χ0n) is 22.9. The van der Waals surface area contributed by atoms with Crippen molar-refractivity contribution in [2.45, 2.75) is 76.2 Å². The second-order valence-corrected chi connectivity index (χ2v) is 13.0. The quantitative estimate of drug-likeness (QED) is 0.410. The van der Waals surface area contributed by atoms with Crippen molar-refractivity contribution in [3.05, 3.63) is 35.6 Å². The molecule has 0 aromatic heterocycles. The summed E-state index contributed by atoms with van der Waals surface area (Å²) in [6.45, 7) is 2.17. The second kappa shape index (κ2) is 12.3. The number of nitrogens with one attached hydrogen (secondary N) is 3. The summed E-state index contributed by atoms with van der Waals surface area (Å²) in [6, 6.07) is 3.41. The highest BCUT2D eigenvalue weighted by atomic mass is 32.2. The second-order valence-electron chi connectivity index (χ2n) is 11.1. The first-order chi connectivity index (χ1) is 18.5. The summed E-state index contributed by atoms with van der Waals surface area (Å²) in [6.07, 6.45) is 6.24. The van der Waals surface area contributed by atoms with Crippen LogP contribution in [0.3, 0.4) is 0 Å². The molecule has 2 saturated heterocycles. The van der Waals surface area contributed by atoms with E-state index in [2.05, 4.69) is 16.0 Å². The van der Waals surface area contributed by atoms with Crippen LogP contribution in [0.5, 0.6) is 0 Å². The summed E-state index contributed by atoms with van der Waals surface area (Å²) in [7, 11) is -1.94. The van der Waals surface area contributed by atoms with Crippen molar-refractivity contribution in [1.29, 1.82) is 0 Å². The van der Waals surface area contributed by atoms with E-state index >= 15 is 0 Å². The lowest BCUT2D eigenvalue weighted by Gasteiger charge is -2.36. The summed E-state index contributed by atoms with van der Waals surface area (Å²) in [5, 5.41) is 8.74. The van der Waals surface area contributed by atoms with Gasteiger partial charge in [0.1, 0.15) is 11.9 Å². The highest BCUT2D eigenvalue weighted by Crippen LogP contribution is 2.38. The van der Waals surface area contributed by atoms with E-state index in [1.165, 1.54) is 16.4 Å². The van der Waals surface area contributed by atoms with Gasteiger partial charge in [-0.05, 0) is 56.8 Å². The molecule has 1 saturated carbocycles. The van der Waals surface area contributed by atoms with Crippen LogP contribution in [0.1, 0.15) is 51.0 Å². The Kier molecular flexibility index (Phi) is 9.28. The van der Waals surface area contributed by atoms with Gasteiger partial charge in [-0.1, -0.05) is 31.4 Å². The Morgan fingerprint density at radius 1 is 1.08 bits per heavy atom. The highest BCUT2D eigenvalue weighted by molar-refractivity contribution is 7.88. The molecule has 5 atom stereocenters. The molecule has 2 aliphatic heterocycles. The third kappa shape index (κ3) is 6.60. The molecule has 3 aliphatic rings.